The molecule has 0 amide bonds. The van der Waals surface area contributed by atoms with Crippen molar-refractivity contribution in [3.8, 4) is 5.75 Å². The quantitative estimate of drug-likeness (QED) is 0.392. The van der Waals surface area contributed by atoms with E-state index in [2.05, 4.69) is 11.9 Å². The molecule has 3 rings (SSSR count). The number of hydrogen-bond donors (Lipinski definition) is 1. The fraction of sp³-hybridized carbons (Fsp3) is 0.391. The molecular formula is C23H26Cl2N2O3. The predicted molar refractivity (Wildman–Crippen MR) is 120 cm³/mol. The van der Waals surface area contributed by atoms with Crippen LogP contribution in [0.5, 0.6) is 5.75 Å². The van der Waals surface area contributed by atoms with Gasteiger partial charge in [0.15, 0.2) is 17.2 Å². The van der Waals surface area contributed by atoms with E-state index < -0.39 is 0 Å². The van der Waals surface area contributed by atoms with Gasteiger partial charge in [0.25, 0.3) is 0 Å². The van der Waals surface area contributed by atoms with Crippen LogP contribution in [0.1, 0.15) is 54.4 Å². The number of aromatic nitrogens is 2. The minimum absolute atomic E-state index is 0.0102. The number of benzene rings is 1. The van der Waals surface area contributed by atoms with E-state index in [1.807, 2.05) is 37.4 Å². The Kier molecular flexibility index (Phi) is 7.75. The normalized spacial score (nSPS) is 12.3. The van der Waals surface area contributed by atoms with Gasteiger partial charge in [0.2, 0.25) is 0 Å². The van der Waals surface area contributed by atoms with Crippen molar-refractivity contribution in [2.24, 2.45) is 5.92 Å². The molecule has 0 aliphatic rings. The SMILES string of the molecule is CCCC[C@H](CO)CC(=O)c1c(C)nc2c(OCc3cccc(Cl)c3Cl)cccn12. The van der Waals surface area contributed by atoms with Crippen molar-refractivity contribution in [2.75, 3.05) is 6.61 Å². The topological polar surface area (TPSA) is 63.8 Å². The van der Waals surface area contributed by atoms with E-state index in [9.17, 15) is 9.90 Å². The summed E-state index contributed by atoms with van der Waals surface area (Å²) in [5, 5.41) is 10.6. The molecule has 0 aliphatic carbocycles. The third-order valence-corrected chi connectivity index (χ3v) is 6.02. The molecule has 0 aliphatic heterocycles. The van der Waals surface area contributed by atoms with Gasteiger partial charge in [-0.2, -0.15) is 0 Å². The molecule has 0 unspecified atom stereocenters. The smallest absolute Gasteiger partial charge is 0.181 e. The highest BCUT2D eigenvalue weighted by atomic mass is 35.5. The van der Waals surface area contributed by atoms with Gasteiger partial charge in [-0.25, -0.2) is 4.98 Å². The number of halogens is 2. The minimum Gasteiger partial charge on any atom is -0.485 e. The van der Waals surface area contributed by atoms with Gasteiger partial charge in [0.1, 0.15) is 12.3 Å². The standard InChI is InChI=1S/C23H26Cl2N2O3/c1-3-4-7-16(13-28)12-19(29)22-15(2)26-23-20(10-6-11-27(22)23)30-14-17-8-5-9-18(24)21(17)25/h5-6,8-11,16,28H,3-4,7,12-14H2,1-2H3/t16-/m0/s1. The molecule has 0 saturated heterocycles. The van der Waals surface area contributed by atoms with Gasteiger partial charge in [-0.1, -0.05) is 55.1 Å². The van der Waals surface area contributed by atoms with Crippen LogP contribution in [0.2, 0.25) is 10.0 Å². The van der Waals surface area contributed by atoms with E-state index >= 15 is 0 Å². The molecule has 3 aromatic rings. The van der Waals surface area contributed by atoms with Gasteiger partial charge < -0.3 is 9.84 Å². The third-order valence-electron chi connectivity index (χ3n) is 5.17. The molecule has 0 fully saturated rings. The summed E-state index contributed by atoms with van der Waals surface area (Å²) in [5.74, 6) is 0.498. The van der Waals surface area contributed by atoms with Crippen molar-refractivity contribution < 1.29 is 14.6 Å². The van der Waals surface area contributed by atoms with Crippen LogP contribution in [0.4, 0.5) is 0 Å². The predicted octanol–water partition coefficient (Wildman–Crippen LogP) is 5.90. The Labute approximate surface area is 186 Å². The maximum Gasteiger partial charge on any atom is 0.181 e. The summed E-state index contributed by atoms with van der Waals surface area (Å²) in [6.07, 6.45) is 4.98. The Bertz CT molecular complexity index is 1030. The summed E-state index contributed by atoms with van der Waals surface area (Å²) in [5.41, 5.74) is 2.52. The van der Waals surface area contributed by atoms with Gasteiger partial charge in [-0.15, -0.1) is 0 Å². The Hall–Kier alpha value is -2.08. The number of unbranched alkanes of at least 4 members (excludes halogenated alkanes) is 1. The van der Waals surface area contributed by atoms with Crippen LogP contribution in [0, 0.1) is 12.8 Å². The summed E-state index contributed by atoms with van der Waals surface area (Å²) in [6, 6.07) is 9.03. The van der Waals surface area contributed by atoms with E-state index in [0.29, 0.717) is 39.3 Å². The summed E-state index contributed by atoms with van der Waals surface area (Å²) in [4.78, 5) is 17.6. The summed E-state index contributed by atoms with van der Waals surface area (Å²) >= 11 is 12.3. The van der Waals surface area contributed by atoms with Crippen LogP contribution in [-0.4, -0.2) is 26.9 Å². The zero-order valence-electron chi connectivity index (χ0n) is 17.2. The number of imidazole rings is 1. The van der Waals surface area contributed by atoms with Gasteiger partial charge in [-0.05, 0) is 37.5 Å². The number of carbonyl (C=O) groups is 1. The third kappa shape index (κ3) is 4.97. The maximum absolute atomic E-state index is 13.0. The van der Waals surface area contributed by atoms with Crippen molar-refractivity contribution in [2.45, 2.75) is 46.1 Å². The van der Waals surface area contributed by atoms with E-state index in [1.54, 1.807) is 10.5 Å². The molecule has 1 N–H and O–H groups in total. The lowest BCUT2D eigenvalue weighted by Crippen LogP contribution is -2.15. The van der Waals surface area contributed by atoms with Crippen LogP contribution in [-0.2, 0) is 6.61 Å². The number of ketones is 1. The lowest BCUT2D eigenvalue weighted by Gasteiger charge is -2.13. The fourth-order valence-corrected chi connectivity index (χ4v) is 3.90. The van der Waals surface area contributed by atoms with Crippen LogP contribution in [0.15, 0.2) is 36.5 Å². The molecule has 30 heavy (non-hydrogen) atoms. The number of aliphatic hydroxyl groups is 1. The zero-order chi connectivity index (χ0) is 21.7. The van der Waals surface area contributed by atoms with Crippen LogP contribution < -0.4 is 4.74 Å². The van der Waals surface area contributed by atoms with Crippen molar-refractivity contribution in [3.63, 3.8) is 0 Å². The molecule has 7 heteroatoms. The van der Waals surface area contributed by atoms with E-state index in [4.69, 9.17) is 27.9 Å². The van der Waals surface area contributed by atoms with Crippen molar-refractivity contribution in [1.29, 1.82) is 0 Å². The molecule has 0 spiro atoms. The molecular weight excluding hydrogens is 423 g/mol. The van der Waals surface area contributed by atoms with Gasteiger partial charge in [-0.3, -0.25) is 9.20 Å². The highest BCUT2D eigenvalue weighted by Crippen LogP contribution is 2.29. The summed E-state index contributed by atoms with van der Waals surface area (Å²) in [7, 11) is 0. The average molecular weight is 449 g/mol. The van der Waals surface area contributed by atoms with Gasteiger partial charge in [0.05, 0.1) is 15.7 Å². The first-order chi connectivity index (χ1) is 14.5. The first-order valence-corrected chi connectivity index (χ1v) is 10.9. The highest BCUT2D eigenvalue weighted by molar-refractivity contribution is 6.42. The average Bonchev–Trinajstić information content (AvgIpc) is 3.08. The van der Waals surface area contributed by atoms with Crippen molar-refractivity contribution in [1.82, 2.24) is 9.38 Å². The molecule has 0 radical (unpaired) electrons. The Balaban J connectivity index is 1.84. The van der Waals surface area contributed by atoms with Crippen LogP contribution >= 0.6 is 23.2 Å². The van der Waals surface area contributed by atoms with Crippen LogP contribution in [0.3, 0.4) is 0 Å². The molecule has 0 saturated carbocycles. The second-order valence-electron chi connectivity index (χ2n) is 7.43. The first kappa shape index (κ1) is 22.6. The Morgan fingerprint density at radius 1 is 1.27 bits per heavy atom. The molecule has 2 heterocycles. The lowest BCUT2D eigenvalue weighted by molar-refractivity contribution is 0.0923. The number of ether oxygens (including phenoxy) is 1. The number of Topliss-reactive ketones (excluding diaryl/α,β-unsaturated/α-hetero) is 1. The number of hydrogen-bond acceptors (Lipinski definition) is 4. The molecule has 0 bridgehead atoms. The fourth-order valence-electron chi connectivity index (χ4n) is 3.53. The zero-order valence-corrected chi connectivity index (χ0v) is 18.7. The molecule has 2 aromatic heterocycles. The van der Waals surface area contributed by atoms with Crippen molar-refractivity contribution in [3.05, 3.63) is 63.5 Å². The number of rotatable bonds is 10. The largest absolute Gasteiger partial charge is 0.485 e. The first-order valence-electron chi connectivity index (χ1n) is 10.1. The summed E-state index contributed by atoms with van der Waals surface area (Å²) < 4.78 is 7.73. The van der Waals surface area contributed by atoms with E-state index in [-0.39, 0.29) is 24.9 Å². The molecule has 160 valence electrons. The molecule has 1 aromatic carbocycles. The van der Waals surface area contributed by atoms with Crippen LogP contribution in [0.25, 0.3) is 5.65 Å². The Morgan fingerprint density at radius 3 is 2.80 bits per heavy atom. The number of aliphatic hydroxyl groups excluding tert-OH is 1. The number of pyridine rings is 1. The second-order valence-corrected chi connectivity index (χ2v) is 8.22. The number of fused-ring (bicyclic) bond motifs is 1. The van der Waals surface area contributed by atoms with E-state index in [0.717, 1.165) is 24.8 Å². The van der Waals surface area contributed by atoms with E-state index in [1.165, 1.54) is 0 Å². The second kappa shape index (κ2) is 10.3. The molecule has 1 atom stereocenters. The maximum atomic E-state index is 13.0. The highest BCUT2D eigenvalue weighted by Gasteiger charge is 2.22. The number of carbonyl (C=O) groups excluding carboxylic acids is 1. The monoisotopic (exact) mass is 448 g/mol. The van der Waals surface area contributed by atoms with Gasteiger partial charge >= 0.3 is 0 Å². The number of nitrogens with zero attached hydrogens (tertiary/aromatic N) is 2. The van der Waals surface area contributed by atoms with Gasteiger partial charge in [0, 0.05) is 24.8 Å². The summed E-state index contributed by atoms with van der Waals surface area (Å²) in [6.45, 7) is 4.16. The Morgan fingerprint density at radius 2 is 2.07 bits per heavy atom. The number of aryl methyl sites for hydroxylation is 1. The lowest BCUT2D eigenvalue weighted by atomic mass is 9.95. The van der Waals surface area contributed by atoms with Crippen molar-refractivity contribution >= 4 is 34.6 Å². The minimum atomic E-state index is -0.0354. The molecule has 5 nitrogen and oxygen atoms in total.